The Morgan fingerprint density at radius 1 is 0.926 bits per heavy atom. The number of carbonyl (C=O) groups is 2. The maximum atomic E-state index is 12.3. The fourth-order valence-corrected chi connectivity index (χ4v) is 3.29. The van der Waals surface area contributed by atoms with Gasteiger partial charge in [-0.25, -0.2) is 0 Å². The molecule has 0 atom stereocenters. The number of benzene rings is 2. The van der Waals surface area contributed by atoms with Gasteiger partial charge in [-0.1, -0.05) is 6.07 Å². The highest BCUT2D eigenvalue weighted by molar-refractivity contribution is 5.94. The molecule has 1 saturated heterocycles. The summed E-state index contributed by atoms with van der Waals surface area (Å²) in [5.74, 6) is 0.110. The lowest BCUT2D eigenvalue weighted by Gasteiger charge is -2.35. The van der Waals surface area contributed by atoms with Crippen molar-refractivity contribution in [3.63, 3.8) is 0 Å². The second kappa shape index (κ2) is 8.35. The van der Waals surface area contributed by atoms with Crippen LogP contribution >= 0.6 is 0 Å². The van der Waals surface area contributed by atoms with E-state index < -0.39 is 0 Å². The predicted molar refractivity (Wildman–Crippen MR) is 110 cm³/mol. The highest BCUT2D eigenvalue weighted by atomic mass is 16.2. The number of piperazine rings is 1. The van der Waals surface area contributed by atoms with E-state index >= 15 is 0 Å². The third kappa shape index (κ3) is 4.95. The number of Topliss-reactive ketones (excluding diaryl/α,β-unsaturated/α-hetero) is 1. The summed E-state index contributed by atoms with van der Waals surface area (Å²) < 4.78 is 0. The summed E-state index contributed by atoms with van der Waals surface area (Å²) in [5, 5.41) is 2.99. The molecule has 5 heteroatoms. The van der Waals surface area contributed by atoms with Gasteiger partial charge in [-0.2, -0.15) is 0 Å². The van der Waals surface area contributed by atoms with Gasteiger partial charge in [-0.15, -0.1) is 0 Å². The maximum absolute atomic E-state index is 12.3. The van der Waals surface area contributed by atoms with Crippen molar-refractivity contribution in [2.45, 2.75) is 20.8 Å². The first kappa shape index (κ1) is 19.1. The van der Waals surface area contributed by atoms with Crippen molar-refractivity contribution in [3.05, 3.63) is 59.2 Å². The zero-order valence-corrected chi connectivity index (χ0v) is 16.3. The quantitative estimate of drug-likeness (QED) is 0.827. The van der Waals surface area contributed by atoms with Crippen molar-refractivity contribution >= 4 is 23.1 Å². The predicted octanol–water partition coefficient (Wildman–Crippen LogP) is 3.27. The number of carbonyl (C=O) groups excluding carboxylic acids is 2. The molecule has 2 aromatic carbocycles. The van der Waals surface area contributed by atoms with Crippen molar-refractivity contribution in [2.75, 3.05) is 42.9 Å². The van der Waals surface area contributed by atoms with Gasteiger partial charge >= 0.3 is 0 Å². The molecule has 142 valence electrons. The molecule has 0 saturated carbocycles. The van der Waals surface area contributed by atoms with Gasteiger partial charge in [0.1, 0.15) is 0 Å². The highest BCUT2D eigenvalue weighted by Crippen LogP contribution is 2.18. The topological polar surface area (TPSA) is 52.7 Å². The Morgan fingerprint density at radius 3 is 2.19 bits per heavy atom. The van der Waals surface area contributed by atoms with Crippen LogP contribution in [0.2, 0.25) is 0 Å². The van der Waals surface area contributed by atoms with Gasteiger partial charge in [0.05, 0.1) is 6.54 Å². The average Bonchev–Trinajstić information content (AvgIpc) is 2.65. The molecule has 1 aliphatic rings. The second-order valence-corrected chi connectivity index (χ2v) is 7.21. The molecular formula is C22H27N3O2. The van der Waals surface area contributed by atoms with Gasteiger partial charge in [-0.05, 0) is 68.3 Å². The normalized spacial score (nSPS) is 14.9. The molecule has 0 unspecified atom stereocenters. The van der Waals surface area contributed by atoms with Gasteiger partial charge < -0.3 is 10.2 Å². The van der Waals surface area contributed by atoms with Crippen LogP contribution in [-0.2, 0) is 4.79 Å². The van der Waals surface area contributed by atoms with Crippen LogP contribution in [0, 0.1) is 13.8 Å². The fourth-order valence-electron chi connectivity index (χ4n) is 3.29. The van der Waals surface area contributed by atoms with E-state index in [-0.39, 0.29) is 11.7 Å². The van der Waals surface area contributed by atoms with Gasteiger partial charge in [0, 0.05) is 43.1 Å². The van der Waals surface area contributed by atoms with Crippen molar-refractivity contribution < 1.29 is 9.59 Å². The summed E-state index contributed by atoms with van der Waals surface area (Å²) in [4.78, 5) is 28.2. The lowest BCUT2D eigenvalue weighted by atomic mass is 10.1. The minimum atomic E-state index is 0.0255. The number of nitrogens with one attached hydrogen (secondary N) is 1. The Hall–Kier alpha value is -2.66. The van der Waals surface area contributed by atoms with Gasteiger partial charge in [0.25, 0.3) is 0 Å². The summed E-state index contributed by atoms with van der Waals surface area (Å²) >= 11 is 0. The third-order valence-corrected chi connectivity index (χ3v) is 5.17. The van der Waals surface area contributed by atoms with Crippen molar-refractivity contribution in [3.8, 4) is 0 Å². The summed E-state index contributed by atoms with van der Waals surface area (Å²) in [6, 6.07) is 13.7. The third-order valence-electron chi connectivity index (χ3n) is 5.17. The van der Waals surface area contributed by atoms with Gasteiger partial charge in [-0.3, -0.25) is 14.5 Å². The van der Waals surface area contributed by atoms with Crippen LogP contribution in [0.25, 0.3) is 0 Å². The molecule has 1 heterocycles. The first-order chi connectivity index (χ1) is 12.9. The summed E-state index contributed by atoms with van der Waals surface area (Å²) in [5.41, 5.74) is 5.12. The monoisotopic (exact) mass is 365 g/mol. The summed E-state index contributed by atoms with van der Waals surface area (Å²) in [6.07, 6.45) is 0. The molecule has 0 radical (unpaired) electrons. The van der Waals surface area contributed by atoms with Gasteiger partial charge in [0.2, 0.25) is 5.91 Å². The number of rotatable bonds is 5. The van der Waals surface area contributed by atoms with Crippen LogP contribution in [0.4, 0.5) is 11.4 Å². The molecule has 0 bridgehead atoms. The van der Waals surface area contributed by atoms with E-state index in [0.717, 1.165) is 43.1 Å². The Balaban J connectivity index is 1.49. The summed E-state index contributed by atoms with van der Waals surface area (Å²) in [7, 11) is 0. The Morgan fingerprint density at radius 2 is 1.59 bits per heavy atom. The zero-order chi connectivity index (χ0) is 19.4. The second-order valence-electron chi connectivity index (χ2n) is 7.21. The van der Waals surface area contributed by atoms with E-state index in [0.29, 0.717) is 6.54 Å². The first-order valence-corrected chi connectivity index (χ1v) is 9.38. The minimum Gasteiger partial charge on any atom is -0.369 e. The molecule has 27 heavy (non-hydrogen) atoms. The molecule has 1 amide bonds. The van der Waals surface area contributed by atoms with E-state index in [9.17, 15) is 9.59 Å². The van der Waals surface area contributed by atoms with E-state index in [1.165, 1.54) is 11.1 Å². The number of hydrogen-bond donors (Lipinski definition) is 1. The SMILES string of the molecule is CC(=O)c1ccc(N2CCN(CC(=O)Nc3ccc(C)c(C)c3)CC2)cc1. The van der Waals surface area contributed by atoms with Crippen molar-refractivity contribution in [1.29, 1.82) is 0 Å². The van der Waals surface area contributed by atoms with E-state index in [2.05, 4.69) is 22.0 Å². The lowest BCUT2D eigenvalue weighted by Crippen LogP contribution is -2.48. The molecule has 1 N–H and O–H groups in total. The number of ketones is 1. The zero-order valence-electron chi connectivity index (χ0n) is 16.3. The van der Waals surface area contributed by atoms with Gasteiger partial charge in [0.15, 0.2) is 5.78 Å². The Bertz CT molecular complexity index is 822. The molecule has 0 aromatic heterocycles. The number of hydrogen-bond acceptors (Lipinski definition) is 4. The van der Waals surface area contributed by atoms with Crippen LogP contribution in [0.5, 0.6) is 0 Å². The fraction of sp³-hybridized carbons (Fsp3) is 0.364. The number of anilines is 2. The lowest BCUT2D eigenvalue weighted by molar-refractivity contribution is -0.117. The number of aryl methyl sites for hydroxylation is 2. The number of nitrogens with zero attached hydrogens (tertiary/aromatic N) is 2. The van der Waals surface area contributed by atoms with E-state index in [4.69, 9.17) is 0 Å². The average molecular weight is 365 g/mol. The smallest absolute Gasteiger partial charge is 0.238 e. The van der Waals surface area contributed by atoms with Crippen molar-refractivity contribution in [1.82, 2.24) is 4.90 Å². The van der Waals surface area contributed by atoms with Crippen molar-refractivity contribution in [2.24, 2.45) is 0 Å². The van der Waals surface area contributed by atoms with Crippen LogP contribution in [-0.4, -0.2) is 49.3 Å². The van der Waals surface area contributed by atoms with Crippen LogP contribution < -0.4 is 10.2 Å². The molecule has 1 aliphatic heterocycles. The maximum Gasteiger partial charge on any atom is 0.238 e. The largest absolute Gasteiger partial charge is 0.369 e. The highest BCUT2D eigenvalue weighted by Gasteiger charge is 2.19. The molecule has 2 aromatic rings. The molecule has 0 aliphatic carbocycles. The number of amides is 1. The molecule has 3 rings (SSSR count). The molecular weight excluding hydrogens is 338 g/mol. The van der Waals surface area contributed by atoms with Crippen LogP contribution in [0.3, 0.4) is 0 Å². The summed E-state index contributed by atoms with van der Waals surface area (Å²) in [6.45, 7) is 9.53. The first-order valence-electron chi connectivity index (χ1n) is 9.38. The molecule has 1 fully saturated rings. The van der Waals surface area contributed by atoms with E-state index in [1.54, 1.807) is 6.92 Å². The van der Waals surface area contributed by atoms with Crippen LogP contribution in [0.15, 0.2) is 42.5 Å². The molecule has 0 spiro atoms. The standard InChI is InChI=1S/C22H27N3O2/c1-16-4-7-20(14-17(16)2)23-22(27)15-24-10-12-25(13-11-24)21-8-5-19(6-9-21)18(3)26/h4-9,14H,10-13,15H2,1-3H3,(H,23,27). The Labute approximate surface area is 161 Å². The van der Waals surface area contributed by atoms with E-state index in [1.807, 2.05) is 49.4 Å². The Kier molecular flexibility index (Phi) is 5.91. The molecule has 5 nitrogen and oxygen atoms in total. The minimum absolute atomic E-state index is 0.0255. The van der Waals surface area contributed by atoms with Crippen LogP contribution in [0.1, 0.15) is 28.4 Å².